The van der Waals surface area contributed by atoms with E-state index in [2.05, 4.69) is 32.9 Å². The summed E-state index contributed by atoms with van der Waals surface area (Å²) in [6.07, 6.45) is 3.40. The first kappa shape index (κ1) is 14.6. The molecular weight excluding hydrogens is 414 g/mol. The standard InChI is InChI=1S/C12H18O.O.2Sn.5H/c1-4-6-11-10(5-2)9(3)7-8-12(11)13;;;;;;;;/h7-8,13H,4-6H2,1-3H3;;;;;;;;/q;;;+1;;;;;/p-1. The molecule has 0 heterocycles. The van der Waals surface area contributed by atoms with Crippen molar-refractivity contribution >= 4 is 44.9 Å². The molecule has 0 radical (unpaired) electrons. The zero-order chi connectivity index (χ0) is 12.0. The molecule has 2 nitrogen and oxygen atoms in total. The van der Waals surface area contributed by atoms with Crippen LogP contribution in [0.1, 0.15) is 37.0 Å². The van der Waals surface area contributed by atoms with Gasteiger partial charge < -0.3 is 0 Å². The first-order chi connectivity index (χ1) is 7.74. The zero-order valence-corrected chi connectivity index (χ0v) is 20.5. The maximum absolute atomic E-state index is 5.88. The molecular formula is C12H22O2Sn2. The van der Waals surface area contributed by atoms with Gasteiger partial charge in [-0.1, -0.05) is 0 Å². The van der Waals surface area contributed by atoms with Crippen LogP contribution in [0.2, 0.25) is 0 Å². The van der Waals surface area contributed by atoms with Crippen LogP contribution in [0, 0.1) is 6.92 Å². The Kier molecular flexibility index (Phi) is 7.15. The van der Waals surface area contributed by atoms with Crippen LogP contribution in [0.25, 0.3) is 0 Å². The molecule has 0 spiro atoms. The molecule has 16 heavy (non-hydrogen) atoms. The van der Waals surface area contributed by atoms with E-state index in [1.807, 2.05) is 0 Å². The second kappa shape index (κ2) is 7.82. The molecule has 0 amide bonds. The van der Waals surface area contributed by atoms with E-state index in [9.17, 15) is 0 Å². The van der Waals surface area contributed by atoms with Gasteiger partial charge in [-0.3, -0.25) is 0 Å². The van der Waals surface area contributed by atoms with Crippen molar-refractivity contribution in [1.82, 2.24) is 0 Å². The number of hydrogen-bond donors (Lipinski definition) is 0. The van der Waals surface area contributed by atoms with Crippen LogP contribution in [-0.4, -0.2) is 44.9 Å². The van der Waals surface area contributed by atoms with E-state index in [-0.39, 0.29) is 0 Å². The minimum atomic E-state index is -1.36. The number of hydrogen-bond acceptors (Lipinski definition) is 2. The van der Waals surface area contributed by atoms with Crippen LogP contribution in [0.4, 0.5) is 0 Å². The Morgan fingerprint density at radius 2 is 2.00 bits per heavy atom. The summed E-state index contributed by atoms with van der Waals surface area (Å²) < 4.78 is 11.3. The maximum atomic E-state index is 5.88. The number of rotatable bonds is 6. The summed E-state index contributed by atoms with van der Waals surface area (Å²) >= 11 is -1.02. The van der Waals surface area contributed by atoms with Gasteiger partial charge in [0, 0.05) is 0 Å². The quantitative estimate of drug-likeness (QED) is 0.625. The predicted octanol–water partition coefficient (Wildman–Crippen LogP) is 1.18. The molecule has 0 N–H and O–H groups in total. The van der Waals surface area contributed by atoms with Gasteiger partial charge in [-0.15, -0.1) is 0 Å². The molecule has 0 aromatic heterocycles. The fourth-order valence-corrected chi connectivity index (χ4v) is 5.79. The number of benzene rings is 1. The van der Waals surface area contributed by atoms with Crippen molar-refractivity contribution < 1.29 is 4.49 Å². The molecule has 1 aromatic rings. The van der Waals surface area contributed by atoms with Crippen molar-refractivity contribution in [2.75, 3.05) is 0 Å². The van der Waals surface area contributed by atoms with Gasteiger partial charge in [-0.05, 0) is 0 Å². The van der Waals surface area contributed by atoms with Crippen molar-refractivity contribution in [3.05, 3.63) is 28.8 Å². The van der Waals surface area contributed by atoms with E-state index in [1.165, 1.54) is 23.1 Å². The fourth-order valence-electron chi connectivity index (χ4n) is 2.06. The van der Waals surface area contributed by atoms with Crippen LogP contribution >= 0.6 is 0 Å². The van der Waals surface area contributed by atoms with Crippen LogP contribution in [0.3, 0.4) is 0 Å². The van der Waals surface area contributed by atoms with Crippen LogP contribution in [0.15, 0.2) is 12.1 Å². The van der Waals surface area contributed by atoms with E-state index >= 15 is 0 Å². The molecule has 0 saturated carbocycles. The van der Waals surface area contributed by atoms with E-state index in [4.69, 9.17) is 4.49 Å². The molecule has 0 aliphatic rings. The van der Waals surface area contributed by atoms with Crippen LogP contribution in [-0.2, 0) is 14.3 Å². The molecule has 4 heteroatoms. The second-order valence-electron chi connectivity index (χ2n) is 3.99. The van der Waals surface area contributed by atoms with Gasteiger partial charge in [-0.25, -0.2) is 0 Å². The van der Waals surface area contributed by atoms with E-state index in [0.717, 1.165) is 18.6 Å². The van der Waals surface area contributed by atoms with Gasteiger partial charge in [0.25, 0.3) is 0 Å². The van der Waals surface area contributed by atoms with Gasteiger partial charge >= 0.3 is 124 Å². The summed E-state index contributed by atoms with van der Waals surface area (Å²) in [5.41, 5.74) is 4.30. The third-order valence-corrected chi connectivity index (χ3v) is 9.22. The Bertz CT molecular complexity index is 340. The summed E-state index contributed by atoms with van der Waals surface area (Å²) in [5, 5.41) is 0. The molecule has 0 aliphatic carbocycles. The van der Waals surface area contributed by atoms with Gasteiger partial charge in [0.2, 0.25) is 0 Å². The molecule has 90 valence electrons. The average molecular weight is 436 g/mol. The monoisotopic (exact) mass is 438 g/mol. The first-order valence-electron chi connectivity index (χ1n) is 5.97. The van der Waals surface area contributed by atoms with E-state index in [0.29, 0.717) is 22.9 Å². The minimum absolute atomic E-state index is 0.343. The number of aryl methyl sites for hydroxylation is 1. The molecule has 0 bridgehead atoms. The van der Waals surface area contributed by atoms with Crippen molar-refractivity contribution in [2.45, 2.75) is 40.0 Å². The third kappa shape index (κ3) is 3.80. The molecule has 1 rings (SSSR count). The Morgan fingerprint density at radius 1 is 1.25 bits per heavy atom. The Balaban J connectivity index is 3.05. The summed E-state index contributed by atoms with van der Waals surface area (Å²) in [7, 11) is 0. The van der Waals surface area contributed by atoms with Crippen molar-refractivity contribution in [2.24, 2.45) is 0 Å². The topological polar surface area (TPSA) is 18.5 Å². The van der Waals surface area contributed by atoms with Crippen LogP contribution < -0.4 is 3.07 Å². The third-order valence-electron chi connectivity index (χ3n) is 2.81. The second-order valence-corrected chi connectivity index (χ2v) is 18.2. The fraction of sp³-hybridized carbons (Fsp3) is 0.500. The van der Waals surface area contributed by atoms with Gasteiger partial charge in [0.15, 0.2) is 0 Å². The predicted molar refractivity (Wildman–Crippen MR) is 74.7 cm³/mol. The molecule has 0 saturated heterocycles. The van der Waals surface area contributed by atoms with E-state index in [1.54, 1.807) is 0 Å². The Labute approximate surface area is 123 Å². The Morgan fingerprint density at radius 3 is 2.56 bits per heavy atom. The normalized spacial score (nSPS) is 11.4. The molecule has 0 fully saturated rings. The molecule has 0 aliphatic heterocycles. The SMILES string of the molecule is CCCc1c([O][SnH2][O][SnH3])ccc(C)c1CC. The average Bonchev–Trinajstić information content (AvgIpc) is 2.29. The van der Waals surface area contributed by atoms with Crippen molar-refractivity contribution in [1.29, 1.82) is 0 Å². The van der Waals surface area contributed by atoms with E-state index < -0.39 is 22.0 Å². The van der Waals surface area contributed by atoms with Crippen molar-refractivity contribution in [3.63, 3.8) is 0 Å². The molecule has 0 unspecified atom stereocenters. The summed E-state index contributed by atoms with van der Waals surface area (Å²) in [6.45, 7) is 6.64. The van der Waals surface area contributed by atoms with Crippen LogP contribution in [0.5, 0.6) is 5.75 Å². The van der Waals surface area contributed by atoms with Gasteiger partial charge in [-0.2, -0.15) is 0 Å². The van der Waals surface area contributed by atoms with Gasteiger partial charge in [0.05, 0.1) is 0 Å². The van der Waals surface area contributed by atoms with Crippen molar-refractivity contribution in [3.8, 4) is 5.75 Å². The van der Waals surface area contributed by atoms with Gasteiger partial charge in [0.1, 0.15) is 0 Å². The Hall–Kier alpha value is 0.577. The molecule has 0 atom stereocenters. The summed E-state index contributed by atoms with van der Waals surface area (Å²) in [4.78, 5) is 0. The zero-order valence-electron chi connectivity index (χ0n) is 10.8. The summed E-state index contributed by atoms with van der Waals surface area (Å²) in [5.74, 6) is 1.10. The first-order valence-corrected chi connectivity index (χ1v) is 11.6. The summed E-state index contributed by atoms with van der Waals surface area (Å²) in [6, 6.07) is 4.31. The molecule has 1 aromatic carbocycles.